The van der Waals surface area contributed by atoms with Crippen molar-refractivity contribution in [3.8, 4) is 11.5 Å². The van der Waals surface area contributed by atoms with Gasteiger partial charge in [0.2, 0.25) is 0 Å². The number of hydrogen-bond acceptors (Lipinski definition) is 4. The van der Waals surface area contributed by atoms with Gasteiger partial charge in [-0.05, 0) is 60.9 Å². The van der Waals surface area contributed by atoms with E-state index in [0.29, 0.717) is 22.1 Å². The third-order valence-corrected chi connectivity index (χ3v) is 7.37. The van der Waals surface area contributed by atoms with Crippen molar-refractivity contribution < 1.29 is 13.9 Å². The number of para-hydroxylation sites is 1. The minimum atomic E-state index is -1.26. The first-order chi connectivity index (χ1) is 17.3. The highest BCUT2D eigenvalue weighted by atomic mass is 35.5. The van der Waals surface area contributed by atoms with Crippen molar-refractivity contribution >= 4 is 28.2 Å². The van der Waals surface area contributed by atoms with Crippen molar-refractivity contribution in [1.29, 1.82) is 0 Å². The summed E-state index contributed by atoms with van der Waals surface area (Å²) < 4.78 is 29.3. The maximum absolute atomic E-state index is 14.7. The number of fused-ring (bicyclic) bond motifs is 2. The van der Waals surface area contributed by atoms with Gasteiger partial charge >= 0.3 is 0 Å². The van der Waals surface area contributed by atoms with Crippen LogP contribution in [0.3, 0.4) is 0 Å². The molecule has 1 atom stereocenters. The van der Waals surface area contributed by atoms with Crippen LogP contribution in [-0.4, -0.2) is 27.5 Å². The van der Waals surface area contributed by atoms with Gasteiger partial charge < -0.3 is 14.0 Å². The number of ether oxygens (including phenoxy) is 2. The van der Waals surface area contributed by atoms with Gasteiger partial charge in [0, 0.05) is 37.6 Å². The number of halogens is 2. The lowest BCUT2D eigenvalue weighted by Gasteiger charge is -2.27. The van der Waals surface area contributed by atoms with Crippen LogP contribution in [0.2, 0.25) is 5.02 Å². The van der Waals surface area contributed by atoms with E-state index in [1.54, 1.807) is 19.1 Å². The molecule has 3 heterocycles. The van der Waals surface area contributed by atoms with Crippen LogP contribution in [0.15, 0.2) is 60.7 Å². The molecule has 1 unspecified atom stereocenters. The number of imidazole rings is 1. The Hall–Kier alpha value is -3.35. The molecule has 0 saturated heterocycles. The molecule has 5 nitrogen and oxygen atoms in total. The van der Waals surface area contributed by atoms with E-state index in [1.807, 2.05) is 18.2 Å². The SMILES string of the molecule is Cc1ccc2c(c1)nc(CN1CC=C(c3cccc4c3OC(C)(c3ccc(Cl)cc3F)O4)CC1)n2C. The van der Waals surface area contributed by atoms with Crippen molar-refractivity contribution in [2.75, 3.05) is 13.1 Å². The van der Waals surface area contributed by atoms with E-state index < -0.39 is 11.6 Å². The normalized spacial score (nSPS) is 19.6. The zero-order chi connectivity index (χ0) is 25.0. The Bertz CT molecular complexity index is 1530. The summed E-state index contributed by atoms with van der Waals surface area (Å²) in [6, 6.07) is 16.8. The van der Waals surface area contributed by atoms with Crippen LogP contribution in [0.4, 0.5) is 4.39 Å². The summed E-state index contributed by atoms with van der Waals surface area (Å²) in [5.41, 5.74) is 5.92. The van der Waals surface area contributed by atoms with Crippen molar-refractivity contribution in [3.05, 3.63) is 94.0 Å². The second-order valence-corrected chi connectivity index (χ2v) is 10.1. The van der Waals surface area contributed by atoms with Crippen molar-refractivity contribution in [2.45, 2.75) is 32.6 Å². The zero-order valence-corrected chi connectivity index (χ0v) is 21.3. The molecule has 0 fully saturated rings. The molecule has 36 heavy (non-hydrogen) atoms. The van der Waals surface area contributed by atoms with Crippen LogP contribution in [-0.2, 0) is 19.4 Å². The fourth-order valence-corrected chi connectivity index (χ4v) is 5.31. The number of aryl methyl sites for hydroxylation is 2. The van der Waals surface area contributed by atoms with E-state index >= 15 is 0 Å². The molecule has 0 N–H and O–H groups in total. The van der Waals surface area contributed by atoms with Crippen molar-refractivity contribution in [1.82, 2.24) is 14.5 Å². The highest BCUT2D eigenvalue weighted by molar-refractivity contribution is 6.30. The largest absolute Gasteiger partial charge is 0.444 e. The average molecular weight is 504 g/mol. The Kier molecular flexibility index (Phi) is 5.54. The van der Waals surface area contributed by atoms with Gasteiger partial charge in [0.1, 0.15) is 11.6 Å². The van der Waals surface area contributed by atoms with Crippen LogP contribution in [0.25, 0.3) is 16.6 Å². The Morgan fingerprint density at radius 3 is 2.75 bits per heavy atom. The lowest BCUT2D eigenvalue weighted by atomic mass is 9.98. The molecule has 0 saturated carbocycles. The fourth-order valence-electron chi connectivity index (χ4n) is 5.15. The molecule has 0 radical (unpaired) electrons. The first-order valence-electron chi connectivity index (χ1n) is 12.1. The summed E-state index contributed by atoms with van der Waals surface area (Å²) >= 11 is 5.94. The molecule has 2 aliphatic heterocycles. The Balaban J connectivity index is 1.22. The van der Waals surface area contributed by atoms with Crippen LogP contribution < -0.4 is 9.47 Å². The molecule has 3 aromatic carbocycles. The summed E-state index contributed by atoms with van der Waals surface area (Å²) in [5.74, 6) is 0.615. The number of nitrogens with zero attached hydrogens (tertiary/aromatic N) is 3. The van der Waals surface area contributed by atoms with Gasteiger partial charge in [-0.25, -0.2) is 9.37 Å². The van der Waals surface area contributed by atoms with Gasteiger partial charge in [0.05, 0.1) is 23.1 Å². The third kappa shape index (κ3) is 3.94. The Labute approximate surface area is 214 Å². The monoisotopic (exact) mass is 503 g/mol. The minimum Gasteiger partial charge on any atom is -0.444 e. The second kappa shape index (κ2) is 8.64. The summed E-state index contributed by atoms with van der Waals surface area (Å²) in [7, 11) is 2.08. The minimum absolute atomic E-state index is 0.315. The molecule has 0 spiro atoms. The molecular weight excluding hydrogens is 477 g/mol. The van der Waals surface area contributed by atoms with Crippen molar-refractivity contribution in [2.24, 2.45) is 7.05 Å². The zero-order valence-electron chi connectivity index (χ0n) is 20.5. The van der Waals surface area contributed by atoms with Crippen molar-refractivity contribution in [3.63, 3.8) is 0 Å². The standard InChI is InChI=1S/C29H27ClFN3O2/c1-18-7-10-25-24(15-18)32-27(33(25)3)17-34-13-11-19(12-14-34)21-5-4-6-26-28(21)36-29(2,35-26)22-9-8-20(30)16-23(22)31/h4-11,15-16H,12-14,17H2,1-3H3. The first-order valence-corrected chi connectivity index (χ1v) is 12.5. The topological polar surface area (TPSA) is 39.5 Å². The average Bonchev–Trinajstić information content (AvgIpc) is 3.35. The Morgan fingerprint density at radius 2 is 1.97 bits per heavy atom. The van der Waals surface area contributed by atoms with Crippen LogP contribution >= 0.6 is 11.6 Å². The van der Waals surface area contributed by atoms with E-state index in [2.05, 4.69) is 47.7 Å². The maximum Gasteiger partial charge on any atom is 0.278 e. The van der Waals surface area contributed by atoms with E-state index in [-0.39, 0.29) is 0 Å². The molecule has 6 rings (SSSR count). The molecule has 184 valence electrons. The van der Waals surface area contributed by atoms with Gasteiger partial charge in [0.15, 0.2) is 11.5 Å². The quantitative estimate of drug-likeness (QED) is 0.314. The highest BCUT2D eigenvalue weighted by Crippen LogP contribution is 2.49. The maximum atomic E-state index is 14.7. The third-order valence-electron chi connectivity index (χ3n) is 7.13. The summed E-state index contributed by atoms with van der Waals surface area (Å²) in [4.78, 5) is 7.27. The molecule has 0 bridgehead atoms. The number of aromatic nitrogens is 2. The van der Waals surface area contributed by atoms with E-state index in [0.717, 1.165) is 48.5 Å². The van der Waals surface area contributed by atoms with Gasteiger partial charge in [-0.15, -0.1) is 0 Å². The summed E-state index contributed by atoms with van der Waals surface area (Å²) in [6.45, 7) is 6.33. The van der Waals surface area contributed by atoms with Gasteiger partial charge in [0.25, 0.3) is 5.79 Å². The predicted octanol–water partition coefficient (Wildman–Crippen LogP) is 6.61. The van der Waals surface area contributed by atoms with E-state index in [9.17, 15) is 4.39 Å². The smallest absolute Gasteiger partial charge is 0.278 e. The van der Waals surface area contributed by atoms with Gasteiger partial charge in [-0.1, -0.05) is 35.9 Å². The molecule has 4 aromatic rings. The van der Waals surface area contributed by atoms with Gasteiger partial charge in [-0.3, -0.25) is 4.90 Å². The number of hydrogen-bond donors (Lipinski definition) is 0. The van der Waals surface area contributed by atoms with E-state index in [4.69, 9.17) is 26.1 Å². The van der Waals surface area contributed by atoms with Crippen LogP contribution in [0.5, 0.6) is 11.5 Å². The molecule has 7 heteroatoms. The highest BCUT2D eigenvalue weighted by Gasteiger charge is 2.42. The lowest BCUT2D eigenvalue weighted by Crippen LogP contribution is -2.32. The predicted molar refractivity (Wildman–Crippen MR) is 140 cm³/mol. The van der Waals surface area contributed by atoms with Gasteiger partial charge in [-0.2, -0.15) is 0 Å². The summed E-state index contributed by atoms with van der Waals surface area (Å²) in [5, 5.41) is 0.335. The molecule has 2 aliphatic rings. The number of benzene rings is 3. The van der Waals surface area contributed by atoms with Crippen LogP contribution in [0.1, 0.15) is 35.9 Å². The second-order valence-electron chi connectivity index (χ2n) is 9.70. The van der Waals surface area contributed by atoms with E-state index in [1.165, 1.54) is 17.2 Å². The molecule has 0 amide bonds. The Morgan fingerprint density at radius 1 is 1.11 bits per heavy atom. The fraction of sp³-hybridized carbons (Fsp3) is 0.276. The molecular formula is C29H27ClFN3O2. The molecule has 1 aromatic heterocycles. The summed E-state index contributed by atoms with van der Waals surface area (Å²) in [6.07, 6.45) is 3.11. The number of rotatable bonds is 4. The lowest BCUT2D eigenvalue weighted by molar-refractivity contribution is -0.0708. The molecule has 0 aliphatic carbocycles. The van der Waals surface area contributed by atoms with Crippen LogP contribution in [0, 0.1) is 12.7 Å². The first kappa shape index (κ1) is 23.1.